The van der Waals surface area contributed by atoms with Crippen molar-refractivity contribution in [3.05, 3.63) is 99.2 Å². The molecule has 3 fully saturated rings. The monoisotopic (exact) mass is 749 g/mol. The third-order valence-corrected chi connectivity index (χ3v) is 12.5. The van der Waals surface area contributed by atoms with Crippen LogP contribution < -0.4 is 5.32 Å². The Kier molecular flexibility index (Phi) is 9.82. The minimum Gasteiger partial charge on any atom is -0.373 e. The lowest BCUT2D eigenvalue weighted by Crippen LogP contribution is -2.50. The summed E-state index contributed by atoms with van der Waals surface area (Å²) in [5.74, 6) is -0.0618. The Labute approximate surface area is 308 Å². The number of benzene rings is 3. The maximum Gasteiger partial charge on any atom is 0.322 e. The van der Waals surface area contributed by atoms with E-state index in [1.54, 1.807) is 60.7 Å². The SMILES string of the molecule is CC(C)(C)c1ccc(S(=O)(=O)CC(=O)c2cccc(NC(=O)N3C4CCC3CC(OCc3c(-c5c(Cl)cccc5Cl)noc3C3CC3)C4)c2)cc1. The van der Waals surface area contributed by atoms with Gasteiger partial charge in [0.1, 0.15) is 17.2 Å². The molecule has 1 N–H and O–H groups in total. The molecule has 12 heteroatoms. The Hall–Kier alpha value is -3.70. The first-order chi connectivity index (χ1) is 24.3. The molecule has 9 nitrogen and oxygen atoms in total. The molecule has 0 spiro atoms. The van der Waals surface area contributed by atoms with Gasteiger partial charge >= 0.3 is 6.03 Å². The maximum atomic E-state index is 13.6. The van der Waals surface area contributed by atoms with Crippen molar-refractivity contribution in [3.8, 4) is 11.3 Å². The van der Waals surface area contributed by atoms with E-state index in [2.05, 4.69) is 31.2 Å². The molecular weight excluding hydrogens is 709 g/mol. The van der Waals surface area contributed by atoms with Crippen LogP contribution in [0.25, 0.3) is 11.3 Å². The summed E-state index contributed by atoms with van der Waals surface area (Å²) in [5, 5.41) is 8.32. The number of fused-ring (bicyclic) bond motifs is 2. The highest BCUT2D eigenvalue weighted by atomic mass is 35.5. The second-order valence-electron chi connectivity index (χ2n) is 14.9. The van der Waals surface area contributed by atoms with Gasteiger partial charge in [0.15, 0.2) is 15.6 Å². The second kappa shape index (κ2) is 14.0. The van der Waals surface area contributed by atoms with E-state index in [4.69, 9.17) is 32.5 Å². The topological polar surface area (TPSA) is 119 Å². The predicted octanol–water partition coefficient (Wildman–Crippen LogP) is 9.22. The molecule has 3 aliphatic rings. The van der Waals surface area contributed by atoms with E-state index in [1.165, 1.54) is 6.07 Å². The zero-order valence-corrected chi connectivity index (χ0v) is 31.2. The molecular formula is C39H41Cl2N3O6S. The number of piperidine rings is 1. The molecule has 3 aromatic carbocycles. The van der Waals surface area contributed by atoms with Crippen molar-refractivity contribution < 1.29 is 27.3 Å². The molecule has 1 aliphatic carbocycles. The highest BCUT2D eigenvalue weighted by Gasteiger charge is 2.44. The number of ether oxygens (including phenoxy) is 1. The number of hydrogen-bond donors (Lipinski definition) is 1. The molecule has 268 valence electrons. The first-order valence-electron chi connectivity index (χ1n) is 17.4. The highest BCUT2D eigenvalue weighted by molar-refractivity contribution is 7.92. The molecule has 7 rings (SSSR count). The van der Waals surface area contributed by atoms with Crippen molar-refractivity contribution in [2.45, 2.75) is 100 Å². The average molecular weight is 751 g/mol. The van der Waals surface area contributed by atoms with Crippen molar-refractivity contribution in [2.75, 3.05) is 11.1 Å². The van der Waals surface area contributed by atoms with Gasteiger partial charge in [-0.15, -0.1) is 0 Å². The summed E-state index contributed by atoms with van der Waals surface area (Å²) < 4.78 is 38.5. The lowest BCUT2D eigenvalue weighted by Gasteiger charge is -2.38. The largest absolute Gasteiger partial charge is 0.373 e. The molecule has 4 aromatic rings. The minimum absolute atomic E-state index is 0.00348. The number of rotatable bonds is 10. The molecule has 1 aromatic heterocycles. The highest BCUT2D eigenvalue weighted by Crippen LogP contribution is 2.46. The standard InChI is InChI=1S/C39H41Cl2N3O6S/c1-39(2,3)25-12-16-30(17-13-25)51(47,48)22-34(45)24-6-4-7-26(18-24)42-38(46)44-27-14-15-28(44)20-29(19-27)49-21-31-36(43-50-37(31)23-10-11-23)35-32(40)8-5-9-33(35)41/h4-9,12-13,16-18,23,27-29H,10-11,14-15,19-22H2,1-3H3,(H,42,46). The fourth-order valence-electron chi connectivity index (χ4n) is 7.30. The third kappa shape index (κ3) is 7.61. The number of amides is 2. The van der Waals surface area contributed by atoms with Gasteiger partial charge in [-0.2, -0.15) is 0 Å². The van der Waals surface area contributed by atoms with Gasteiger partial charge in [-0.3, -0.25) is 4.79 Å². The number of anilines is 1. The number of hydrogen-bond acceptors (Lipinski definition) is 7. The summed E-state index contributed by atoms with van der Waals surface area (Å²) in [6.45, 7) is 6.46. The minimum atomic E-state index is -3.86. The van der Waals surface area contributed by atoms with E-state index in [9.17, 15) is 18.0 Å². The van der Waals surface area contributed by atoms with Crippen LogP contribution in [0.5, 0.6) is 0 Å². The number of ketones is 1. The molecule has 2 saturated heterocycles. The number of nitrogens with one attached hydrogen (secondary N) is 1. The molecule has 51 heavy (non-hydrogen) atoms. The molecule has 2 atom stereocenters. The van der Waals surface area contributed by atoms with Gasteiger partial charge in [-0.1, -0.05) is 79.5 Å². The Morgan fingerprint density at radius 3 is 2.22 bits per heavy atom. The quantitative estimate of drug-likeness (QED) is 0.161. The van der Waals surface area contributed by atoms with Gasteiger partial charge in [-0.05, 0) is 85.9 Å². The lowest BCUT2D eigenvalue weighted by atomic mass is 9.87. The van der Waals surface area contributed by atoms with E-state index < -0.39 is 21.4 Å². The molecule has 2 unspecified atom stereocenters. The van der Waals surface area contributed by atoms with Crippen LogP contribution in [0.3, 0.4) is 0 Å². The Bertz CT molecular complexity index is 2040. The average Bonchev–Trinajstić information content (AvgIpc) is 3.79. The van der Waals surface area contributed by atoms with E-state index in [0.29, 0.717) is 52.4 Å². The Balaban J connectivity index is 0.980. The number of sulfone groups is 1. The first-order valence-corrected chi connectivity index (χ1v) is 19.8. The van der Waals surface area contributed by atoms with Gasteiger partial charge < -0.3 is 19.5 Å². The van der Waals surface area contributed by atoms with Gasteiger partial charge in [-0.25, -0.2) is 13.2 Å². The van der Waals surface area contributed by atoms with E-state index in [0.717, 1.165) is 42.6 Å². The van der Waals surface area contributed by atoms with Crippen molar-refractivity contribution in [1.82, 2.24) is 10.1 Å². The first kappa shape index (κ1) is 35.7. The normalized spacial score (nSPS) is 20.4. The number of Topliss-reactive ketones (excluding diaryl/α,β-unsaturated/α-hetero) is 1. The van der Waals surface area contributed by atoms with Crippen LogP contribution in [-0.4, -0.2) is 54.2 Å². The van der Waals surface area contributed by atoms with Crippen molar-refractivity contribution >= 4 is 50.5 Å². The molecule has 2 bridgehead atoms. The second-order valence-corrected chi connectivity index (χ2v) is 17.7. The fraction of sp³-hybridized carbons (Fsp3) is 0.410. The summed E-state index contributed by atoms with van der Waals surface area (Å²) in [6.07, 6.45) is 5.12. The summed E-state index contributed by atoms with van der Waals surface area (Å²) in [6, 6.07) is 18.2. The molecule has 0 radical (unpaired) electrons. The van der Waals surface area contributed by atoms with E-state index in [-0.39, 0.29) is 40.1 Å². The molecule has 2 amide bonds. The third-order valence-electron chi connectivity index (χ3n) is 10.2. The van der Waals surface area contributed by atoms with E-state index in [1.807, 2.05) is 4.90 Å². The zero-order valence-electron chi connectivity index (χ0n) is 28.8. The summed E-state index contributed by atoms with van der Waals surface area (Å²) in [5.41, 5.74) is 3.66. The van der Waals surface area contributed by atoms with Crippen LogP contribution in [0, 0.1) is 0 Å². The van der Waals surface area contributed by atoms with Crippen LogP contribution in [-0.2, 0) is 26.6 Å². The van der Waals surface area contributed by atoms with Crippen LogP contribution >= 0.6 is 23.2 Å². The van der Waals surface area contributed by atoms with Gasteiger partial charge in [0.2, 0.25) is 0 Å². The van der Waals surface area contributed by atoms with E-state index >= 15 is 0 Å². The van der Waals surface area contributed by atoms with Gasteiger partial charge in [0, 0.05) is 40.4 Å². The Morgan fingerprint density at radius 1 is 0.941 bits per heavy atom. The number of carbonyl (C=O) groups is 2. The summed E-state index contributed by atoms with van der Waals surface area (Å²) in [4.78, 5) is 28.8. The zero-order chi connectivity index (χ0) is 36.1. The lowest BCUT2D eigenvalue weighted by molar-refractivity contribution is -0.0158. The van der Waals surface area contributed by atoms with Crippen molar-refractivity contribution in [2.24, 2.45) is 0 Å². The summed E-state index contributed by atoms with van der Waals surface area (Å²) >= 11 is 13.1. The van der Waals surface area contributed by atoms with Gasteiger partial charge in [0.25, 0.3) is 0 Å². The number of nitrogens with zero attached hydrogens (tertiary/aromatic N) is 2. The number of carbonyl (C=O) groups excluding carboxylic acids is 2. The Morgan fingerprint density at radius 2 is 1.59 bits per heavy atom. The van der Waals surface area contributed by atoms with Crippen LogP contribution in [0.15, 0.2) is 76.1 Å². The van der Waals surface area contributed by atoms with Crippen molar-refractivity contribution in [1.29, 1.82) is 0 Å². The predicted molar refractivity (Wildman–Crippen MR) is 197 cm³/mol. The molecule has 3 heterocycles. The fourth-order valence-corrected chi connectivity index (χ4v) is 9.11. The summed E-state index contributed by atoms with van der Waals surface area (Å²) in [7, 11) is -3.86. The smallest absolute Gasteiger partial charge is 0.322 e. The molecule has 1 saturated carbocycles. The maximum absolute atomic E-state index is 13.6. The number of halogens is 2. The molecule has 2 aliphatic heterocycles. The number of urea groups is 1. The number of aromatic nitrogens is 1. The van der Waals surface area contributed by atoms with Crippen LogP contribution in [0.1, 0.15) is 92.5 Å². The van der Waals surface area contributed by atoms with Crippen molar-refractivity contribution in [3.63, 3.8) is 0 Å². The van der Waals surface area contributed by atoms with Crippen LogP contribution in [0.4, 0.5) is 10.5 Å². The van der Waals surface area contributed by atoms with Crippen LogP contribution in [0.2, 0.25) is 10.0 Å². The van der Waals surface area contributed by atoms with Gasteiger partial charge in [0.05, 0.1) is 27.7 Å².